The van der Waals surface area contributed by atoms with Crippen LogP contribution in [0.25, 0.3) is 22.2 Å². The molecule has 1 amide bonds. The largest absolute Gasteiger partial charge is 0.354 e. The molecule has 3 aromatic rings. The molecule has 192 valence electrons. The number of aryl methyl sites for hydroxylation is 1. The molecule has 1 saturated carbocycles. The van der Waals surface area contributed by atoms with Crippen LogP contribution in [-0.2, 0) is 11.3 Å². The van der Waals surface area contributed by atoms with Gasteiger partial charge in [-0.2, -0.15) is 4.98 Å². The van der Waals surface area contributed by atoms with Gasteiger partial charge in [-0.1, -0.05) is 51.5 Å². The lowest BCUT2D eigenvalue weighted by atomic mass is 10.0. The molecule has 2 unspecified atom stereocenters. The maximum Gasteiger partial charge on any atom is 0.260 e. The number of pyridine rings is 1. The monoisotopic (exact) mass is 490 g/mol. The van der Waals surface area contributed by atoms with Gasteiger partial charge in [0.15, 0.2) is 0 Å². The number of hydrazine groups is 1. The van der Waals surface area contributed by atoms with E-state index in [1.54, 1.807) is 10.8 Å². The first-order chi connectivity index (χ1) is 17.5. The van der Waals surface area contributed by atoms with E-state index in [2.05, 4.69) is 20.7 Å². The second-order valence-electron chi connectivity index (χ2n) is 9.47. The predicted octanol–water partition coefficient (Wildman–Crippen LogP) is 4.38. The molecule has 8 heteroatoms. The first kappa shape index (κ1) is 25.8. The van der Waals surface area contributed by atoms with Crippen molar-refractivity contribution in [1.82, 2.24) is 24.9 Å². The van der Waals surface area contributed by atoms with Crippen molar-refractivity contribution in [1.29, 1.82) is 0 Å². The number of rotatable bonds is 7. The van der Waals surface area contributed by atoms with Crippen molar-refractivity contribution in [3.05, 3.63) is 52.4 Å². The number of nitrogens with one attached hydrogen (secondary N) is 2. The standard InChI is InChI=1S/C26H32N6O2.C2H6/c1-3-23(33)27-11-12-32-24-20(13-22(25(32)34)21-10-5-4-7-17(21)2)14-28-26(29-24)30-31-15-18-8-6-9-19(18)16-31;1-2/h4-5,7,10,13-14,18-19H,3,6,8-9,11-12,15-16H2,1-2H3,(H,27,33)(H,28,29,30);1-2H3. The maximum absolute atomic E-state index is 13.6. The van der Waals surface area contributed by atoms with Crippen LogP contribution in [-0.4, -0.2) is 45.1 Å². The second kappa shape index (κ2) is 11.6. The highest BCUT2D eigenvalue weighted by molar-refractivity contribution is 5.82. The zero-order chi connectivity index (χ0) is 25.7. The fourth-order valence-corrected chi connectivity index (χ4v) is 5.39. The molecule has 2 aromatic heterocycles. The number of benzene rings is 1. The van der Waals surface area contributed by atoms with Gasteiger partial charge in [-0.25, -0.2) is 9.99 Å². The first-order valence-electron chi connectivity index (χ1n) is 13.3. The van der Waals surface area contributed by atoms with Crippen LogP contribution in [0.15, 0.2) is 41.3 Å². The zero-order valence-electron chi connectivity index (χ0n) is 21.9. The molecule has 1 aliphatic carbocycles. The number of fused-ring (bicyclic) bond motifs is 2. The van der Waals surface area contributed by atoms with Gasteiger partial charge in [0.2, 0.25) is 11.9 Å². The van der Waals surface area contributed by atoms with Crippen molar-refractivity contribution in [2.45, 2.75) is 59.9 Å². The van der Waals surface area contributed by atoms with E-state index >= 15 is 0 Å². The second-order valence-corrected chi connectivity index (χ2v) is 9.47. The van der Waals surface area contributed by atoms with Crippen LogP contribution >= 0.6 is 0 Å². The minimum absolute atomic E-state index is 0.0380. The fraction of sp³-hybridized carbons (Fsp3) is 0.500. The highest BCUT2D eigenvalue weighted by Gasteiger charge is 2.36. The summed E-state index contributed by atoms with van der Waals surface area (Å²) in [4.78, 5) is 34.7. The van der Waals surface area contributed by atoms with Crippen molar-refractivity contribution >= 4 is 22.9 Å². The van der Waals surface area contributed by atoms with Gasteiger partial charge in [-0.3, -0.25) is 19.6 Å². The summed E-state index contributed by atoms with van der Waals surface area (Å²) in [6.07, 6.45) is 6.12. The molecule has 1 aromatic carbocycles. The molecule has 1 aliphatic heterocycles. The highest BCUT2D eigenvalue weighted by atomic mass is 16.1. The molecule has 0 bridgehead atoms. The van der Waals surface area contributed by atoms with Crippen LogP contribution in [0.5, 0.6) is 0 Å². The Morgan fingerprint density at radius 3 is 2.53 bits per heavy atom. The van der Waals surface area contributed by atoms with Crippen LogP contribution in [0.4, 0.5) is 5.95 Å². The van der Waals surface area contributed by atoms with Crippen LogP contribution in [0.2, 0.25) is 0 Å². The van der Waals surface area contributed by atoms with Crippen LogP contribution in [0, 0.1) is 18.8 Å². The molecule has 2 aliphatic rings. The zero-order valence-corrected chi connectivity index (χ0v) is 21.9. The average molecular weight is 491 g/mol. The van der Waals surface area contributed by atoms with Crippen molar-refractivity contribution < 1.29 is 4.79 Å². The van der Waals surface area contributed by atoms with Crippen molar-refractivity contribution in [2.24, 2.45) is 11.8 Å². The van der Waals surface area contributed by atoms with Gasteiger partial charge in [-0.15, -0.1) is 0 Å². The Labute approximate surface area is 213 Å². The van der Waals surface area contributed by atoms with Crippen molar-refractivity contribution in [3.63, 3.8) is 0 Å². The Morgan fingerprint density at radius 2 is 1.83 bits per heavy atom. The summed E-state index contributed by atoms with van der Waals surface area (Å²) in [7, 11) is 0. The summed E-state index contributed by atoms with van der Waals surface area (Å²) >= 11 is 0. The van der Waals surface area contributed by atoms with E-state index in [0.29, 0.717) is 36.7 Å². The normalized spacial score (nSPS) is 19.0. The summed E-state index contributed by atoms with van der Waals surface area (Å²) in [5.74, 6) is 1.97. The Hall–Kier alpha value is -3.26. The predicted molar refractivity (Wildman–Crippen MR) is 145 cm³/mol. The van der Waals surface area contributed by atoms with E-state index in [9.17, 15) is 9.59 Å². The Bertz CT molecular complexity index is 1260. The summed E-state index contributed by atoms with van der Waals surface area (Å²) < 4.78 is 1.67. The molecule has 2 fully saturated rings. The molecule has 3 heterocycles. The molecule has 0 spiro atoms. The van der Waals surface area contributed by atoms with Gasteiger partial charge < -0.3 is 5.32 Å². The molecule has 8 nitrogen and oxygen atoms in total. The molecule has 36 heavy (non-hydrogen) atoms. The van der Waals surface area contributed by atoms with E-state index in [1.807, 2.05) is 58.0 Å². The first-order valence-corrected chi connectivity index (χ1v) is 13.3. The van der Waals surface area contributed by atoms with Gasteiger partial charge in [0, 0.05) is 49.7 Å². The smallest absolute Gasteiger partial charge is 0.260 e. The van der Waals surface area contributed by atoms with E-state index in [0.717, 1.165) is 41.4 Å². The topological polar surface area (TPSA) is 92.1 Å². The lowest BCUT2D eigenvalue weighted by Crippen LogP contribution is -2.32. The van der Waals surface area contributed by atoms with Gasteiger partial charge in [0.1, 0.15) is 5.65 Å². The molecule has 0 radical (unpaired) electrons. The van der Waals surface area contributed by atoms with Gasteiger partial charge >= 0.3 is 0 Å². The minimum atomic E-state index is -0.118. The van der Waals surface area contributed by atoms with E-state index in [1.165, 1.54) is 19.3 Å². The fourth-order valence-electron chi connectivity index (χ4n) is 5.39. The lowest BCUT2D eigenvalue weighted by molar-refractivity contribution is -0.120. The average Bonchev–Trinajstić information content (AvgIpc) is 3.49. The third-order valence-electron chi connectivity index (χ3n) is 7.23. The van der Waals surface area contributed by atoms with Crippen LogP contribution < -0.4 is 16.3 Å². The number of carbonyl (C=O) groups is 1. The molecular weight excluding hydrogens is 452 g/mol. The molecular formula is C28H38N6O2. The minimum Gasteiger partial charge on any atom is -0.354 e. The summed E-state index contributed by atoms with van der Waals surface area (Å²) in [6.45, 7) is 10.5. The highest BCUT2D eigenvalue weighted by Crippen LogP contribution is 2.37. The Kier molecular flexibility index (Phi) is 8.36. The molecule has 5 rings (SSSR count). The molecule has 2 atom stereocenters. The lowest BCUT2D eigenvalue weighted by Gasteiger charge is -2.19. The van der Waals surface area contributed by atoms with E-state index in [-0.39, 0.29) is 11.5 Å². The third kappa shape index (κ3) is 5.43. The Balaban J connectivity index is 0.00000148. The third-order valence-corrected chi connectivity index (χ3v) is 7.23. The number of hydrogen-bond donors (Lipinski definition) is 2. The van der Waals surface area contributed by atoms with Gasteiger partial charge in [-0.05, 0) is 48.8 Å². The van der Waals surface area contributed by atoms with Crippen LogP contribution in [0.3, 0.4) is 0 Å². The van der Waals surface area contributed by atoms with Crippen LogP contribution in [0.1, 0.15) is 52.0 Å². The number of amides is 1. The van der Waals surface area contributed by atoms with Gasteiger partial charge in [0.05, 0.1) is 0 Å². The van der Waals surface area contributed by atoms with Gasteiger partial charge in [0.25, 0.3) is 5.56 Å². The number of anilines is 1. The number of aromatic nitrogens is 3. The quantitative estimate of drug-likeness (QED) is 0.511. The summed E-state index contributed by atoms with van der Waals surface area (Å²) in [6, 6.07) is 9.74. The van der Waals surface area contributed by atoms with E-state index in [4.69, 9.17) is 4.98 Å². The summed E-state index contributed by atoms with van der Waals surface area (Å²) in [5, 5.41) is 5.88. The van der Waals surface area contributed by atoms with E-state index < -0.39 is 0 Å². The number of hydrogen-bond acceptors (Lipinski definition) is 6. The maximum atomic E-state index is 13.6. The Morgan fingerprint density at radius 1 is 1.11 bits per heavy atom. The number of carbonyl (C=O) groups excluding carboxylic acids is 1. The number of nitrogens with zero attached hydrogens (tertiary/aromatic N) is 4. The SMILES string of the molecule is CC.CCC(=O)NCCn1c(=O)c(-c2ccccc2C)cc2cnc(NN3CC4CCCC4C3)nc21. The molecule has 2 N–H and O–H groups in total. The molecule has 1 saturated heterocycles. The van der Waals surface area contributed by atoms with Crippen molar-refractivity contribution in [2.75, 3.05) is 25.1 Å². The van der Waals surface area contributed by atoms with Crippen molar-refractivity contribution in [3.8, 4) is 11.1 Å². The summed E-state index contributed by atoms with van der Waals surface area (Å²) in [5.41, 5.74) is 6.37.